The molecule has 4 atom stereocenters. The molecule has 0 fully saturated rings. The number of carbonyl (C=O) groups is 1. The van der Waals surface area contributed by atoms with Crippen LogP contribution in [-0.4, -0.2) is 57.3 Å². The Morgan fingerprint density at radius 1 is 0.625 bits per heavy atom. The molecule has 236 valence electrons. The molecule has 0 saturated heterocycles. The second-order valence-corrected chi connectivity index (χ2v) is 11.5. The van der Waals surface area contributed by atoms with Gasteiger partial charge in [0, 0.05) is 0 Å². The molecule has 0 aromatic heterocycles. The van der Waals surface area contributed by atoms with Crippen LogP contribution >= 0.6 is 0 Å². The van der Waals surface area contributed by atoms with Crippen molar-refractivity contribution in [2.24, 2.45) is 0 Å². The Kier molecular flexibility index (Phi) is 28.4. The maximum Gasteiger partial charge on any atom is 0.249 e. The van der Waals surface area contributed by atoms with Gasteiger partial charge < -0.3 is 25.7 Å². The standard InChI is InChI=1S/C34H65NO5/c1-3-5-7-9-11-13-14-15-16-17-18-19-20-22-24-26-28-32(38)34(40)35-30(29-36)33(39)31(37)27-25-23-21-12-10-8-6-4-2/h11,13,15-16,30-33,36-39H,3-10,12,14,17-29H2,1-2H3,(H,35,40)/b13-11-,16-15-. The first-order valence-electron chi connectivity index (χ1n) is 16.7. The molecule has 0 aliphatic rings. The van der Waals surface area contributed by atoms with Crippen LogP contribution < -0.4 is 5.32 Å². The van der Waals surface area contributed by atoms with Crippen molar-refractivity contribution >= 4 is 5.91 Å². The summed E-state index contributed by atoms with van der Waals surface area (Å²) in [6.45, 7) is 3.95. The highest BCUT2D eigenvalue weighted by Crippen LogP contribution is 2.14. The highest BCUT2D eigenvalue weighted by atomic mass is 16.3. The van der Waals surface area contributed by atoms with Crippen LogP contribution in [0.3, 0.4) is 0 Å². The van der Waals surface area contributed by atoms with Gasteiger partial charge in [0.2, 0.25) is 5.91 Å². The summed E-state index contributed by atoms with van der Waals surface area (Å²) in [6.07, 6.45) is 29.1. The van der Waals surface area contributed by atoms with Crippen LogP contribution in [0.15, 0.2) is 24.3 Å². The summed E-state index contributed by atoms with van der Waals surface area (Å²) >= 11 is 0. The van der Waals surface area contributed by atoms with Gasteiger partial charge in [0.05, 0.1) is 18.8 Å². The number of aliphatic hydroxyl groups is 4. The minimum absolute atomic E-state index is 0.357. The van der Waals surface area contributed by atoms with Crippen LogP contribution in [0.25, 0.3) is 0 Å². The SMILES string of the molecule is CCCCC/C=C\C/C=C\CCCCCCCCC(O)C(=O)NC(CO)C(O)C(O)CCCCCCCCCC. The van der Waals surface area contributed by atoms with E-state index in [1.54, 1.807) is 0 Å². The van der Waals surface area contributed by atoms with Crippen molar-refractivity contribution in [2.45, 2.75) is 179 Å². The largest absolute Gasteiger partial charge is 0.394 e. The second-order valence-electron chi connectivity index (χ2n) is 11.5. The quantitative estimate of drug-likeness (QED) is 0.0482. The first kappa shape index (κ1) is 38.8. The van der Waals surface area contributed by atoms with E-state index in [0.29, 0.717) is 12.8 Å². The van der Waals surface area contributed by atoms with E-state index in [9.17, 15) is 25.2 Å². The van der Waals surface area contributed by atoms with Gasteiger partial charge in [0.1, 0.15) is 12.2 Å². The molecule has 0 spiro atoms. The van der Waals surface area contributed by atoms with E-state index in [4.69, 9.17) is 0 Å². The number of carbonyl (C=O) groups excluding carboxylic acids is 1. The maximum atomic E-state index is 12.4. The molecule has 6 heteroatoms. The number of hydrogen-bond acceptors (Lipinski definition) is 5. The van der Waals surface area contributed by atoms with Gasteiger partial charge in [0.15, 0.2) is 0 Å². The minimum atomic E-state index is -1.26. The summed E-state index contributed by atoms with van der Waals surface area (Å²) in [7, 11) is 0. The second kappa shape index (κ2) is 29.3. The molecule has 40 heavy (non-hydrogen) atoms. The van der Waals surface area contributed by atoms with Crippen LogP contribution in [0.5, 0.6) is 0 Å². The van der Waals surface area contributed by atoms with E-state index in [1.165, 1.54) is 70.6 Å². The van der Waals surface area contributed by atoms with E-state index in [1.807, 2.05) is 0 Å². The zero-order chi connectivity index (χ0) is 29.7. The smallest absolute Gasteiger partial charge is 0.249 e. The Morgan fingerprint density at radius 2 is 1.07 bits per heavy atom. The van der Waals surface area contributed by atoms with Gasteiger partial charge in [-0.1, -0.05) is 134 Å². The third kappa shape index (κ3) is 23.5. The van der Waals surface area contributed by atoms with Crippen molar-refractivity contribution in [3.8, 4) is 0 Å². The first-order chi connectivity index (χ1) is 19.5. The van der Waals surface area contributed by atoms with Gasteiger partial charge in [-0.05, 0) is 44.9 Å². The van der Waals surface area contributed by atoms with Crippen LogP contribution in [-0.2, 0) is 4.79 Å². The number of hydrogen-bond donors (Lipinski definition) is 5. The van der Waals surface area contributed by atoms with Crippen LogP contribution in [0.4, 0.5) is 0 Å². The van der Waals surface area contributed by atoms with E-state index < -0.39 is 36.9 Å². The van der Waals surface area contributed by atoms with Crippen LogP contribution in [0, 0.1) is 0 Å². The summed E-state index contributed by atoms with van der Waals surface area (Å²) < 4.78 is 0. The van der Waals surface area contributed by atoms with Crippen molar-refractivity contribution in [3.05, 3.63) is 24.3 Å². The van der Waals surface area contributed by atoms with Crippen molar-refractivity contribution in [2.75, 3.05) is 6.61 Å². The Morgan fingerprint density at radius 3 is 1.62 bits per heavy atom. The summed E-state index contributed by atoms with van der Waals surface area (Å²) in [5.74, 6) is -0.597. The topological polar surface area (TPSA) is 110 Å². The molecule has 0 aliphatic heterocycles. The lowest BCUT2D eigenvalue weighted by molar-refractivity contribution is -0.132. The molecule has 1 amide bonds. The molecule has 0 aromatic rings. The molecule has 0 saturated carbocycles. The monoisotopic (exact) mass is 567 g/mol. The highest BCUT2D eigenvalue weighted by Gasteiger charge is 2.28. The van der Waals surface area contributed by atoms with Crippen molar-refractivity contribution in [1.82, 2.24) is 5.32 Å². The summed E-state index contributed by atoms with van der Waals surface area (Å²) in [5.41, 5.74) is 0. The Balaban J connectivity index is 3.87. The van der Waals surface area contributed by atoms with E-state index in [-0.39, 0.29) is 0 Å². The molecule has 0 heterocycles. The van der Waals surface area contributed by atoms with Gasteiger partial charge in [0.25, 0.3) is 0 Å². The van der Waals surface area contributed by atoms with Gasteiger partial charge in [-0.3, -0.25) is 4.79 Å². The average Bonchev–Trinajstić information content (AvgIpc) is 2.96. The predicted molar refractivity (Wildman–Crippen MR) is 168 cm³/mol. The fourth-order valence-electron chi connectivity index (χ4n) is 4.90. The Hall–Kier alpha value is -1.21. The number of amides is 1. The molecule has 4 unspecified atom stereocenters. The van der Waals surface area contributed by atoms with Crippen molar-refractivity contribution < 1.29 is 25.2 Å². The van der Waals surface area contributed by atoms with Gasteiger partial charge >= 0.3 is 0 Å². The molecule has 5 N–H and O–H groups in total. The van der Waals surface area contributed by atoms with E-state index >= 15 is 0 Å². The maximum absolute atomic E-state index is 12.4. The van der Waals surface area contributed by atoms with Gasteiger partial charge in [-0.2, -0.15) is 0 Å². The summed E-state index contributed by atoms with van der Waals surface area (Å²) in [6, 6.07) is -0.984. The van der Waals surface area contributed by atoms with Crippen LogP contribution in [0.1, 0.15) is 155 Å². The van der Waals surface area contributed by atoms with Gasteiger partial charge in [-0.25, -0.2) is 0 Å². The van der Waals surface area contributed by atoms with Crippen molar-refractivity contribution in [1.29, 1.82) is 0 Å². The van der Waals surface area contributed by atoms with E-state index in [0.717, 1.165) is 57.8 Å². The fourth-order valence-corrected chi connectivity index (χ4v) is 4.90. The number of nitrogens with one attached hydrogen (secondary N) is 1. The Bertz CT molecular complexity index is 609. The lowest BCUT2D eigenvalue weighted by atomic mass is 9.99. The molecule has 0 aliphatic carbocycles. The third-order valence-corrected chi connectivity index (χ3v) is 7.67. The third-order valence-electron chi connectivity index (χ3n) is 7.67. The zero-order valence-electron chi connectivity index (χ0n) is 26.1. The molecule has 0 rings (SSSR count). The molecule has 6 nitrogen and oxygen atoms in total. The minimum Gasteiger partial charge on any atom is -0.394 e. The molecule has 0 bridgehead atoms. The molecular formula is C34H65NO5. The molecular weight excluding hydrogens is 502 g/mol. The van der Waals surface area contributed by atoms with E-state index in [2.05, 4.69) is 43.5 Å². The first-order valence-corrected chi connectivity index (χ1v) is 16.7. The molecule has 0 radical (unpaired) electrons. The lowest BCUT2D eigenvalue weighted by Gasteiger charge is -2.27. The fraction of sp³-hybridized carbons (Fsp3) is 0.853. The highest BCUT2D eigenvalue weighted by molar-refractivity contribution is 5.80. The number of allylic oxidation sites excluding steroid dienone is 4. The van der Waals surface area contributed by atoms with Crippen molar-refractivity contribution in [3.63, 3.8) is 0 Å². The number of unbranched alkanes of at least 4 members (excludes halogenated alkanes) is 16. The van der Waals surface area contributed by atoms with Gasteiger partial charge in [-0.15, -0.1) is 0 Å². The Labute approximate surface area is 246 Å². The number of rotatable bonds is 29. The number of aliphatic hydroxyl groups excluding tert-OH is 4. The van der Waals surface area contributed by atoms with Crippen LogP contribution in [0.2, 0.25) is 0 Å². The molecule has 0 aromatic carbocycles. The normalized spacial score (nSPS) is 15.1. The zero-order valence-corrected chi connectivity index (χ0v) is 26.1. The predicted octanol–water partition coefficient (Wildman–Crippen LogP) is 7.28. The summed E-state index contributed by atoms with van der Waals surface area (Å²) in [5, 5.41) is 43.1. The average molecular weight is 568 g/mol. The lowest BCUT2D eigenvalue weighted by Crippen LogP contribution is -2.53. The summed E-state index contributed by atoms with van der Waals surface area (Å²) in [4.78, 5) is 12.4.